The summed E-state index contributed by atoms with van der Waals surface area (Å²) in [6, 6.07) is 0. The van der Waals surface area contributed by atoms with Gasteiger partial charge < -0.3 is 14.6 Å². The van der Waals surface area contributed by atoms with Crippen LogP contribution in [0.5, 0.6) is 0 Å². The molecule has 0 radical (unpaired) electrons. The van der Waals surface area contributed by atoms with Crippen molar-refractivity contribution in [1.29, 1.82) is 0 Å². The van der Waals surface area contributed by atoms with Crippen molar-refractivity contribution >= 4 is 11.8 Å². The minimum Gasteiger partial charge on any atom is -0.481 e. The summed E-state index contributed by atoms with van der Waals surface area (Å²) in [5.74, 6) is -0.536. The summed E-state index contributed by atoms with van der Waals surface area (Å²) < 4.78 is 11.1. The van der Waals surface area contributed by atoms with Crippen molar-refractivity contribution in [3.63, 3.8) is 0 Å². The fraction of sp³-hybridized carbons (Fsp3) is 0.727. The molecule has 1 fully saturated rings. The maximum Gasteiger partial charge on any atom is 0.303 e. The molecule has 5 nitrogen and oxygen atoms in total. The second-order valence-electron chi connectivity index (χ2n) is 7.28. The van der Waals surface area contributed by atoms with Crippen LogP contribution in [0.1, 0.15) is 64.7 Å². The van der Waals surface area contributed by atoms with E-state index < -0.39 is 5.97 Å². The zero-order valence-corrected chi connectivity index (χ0v) is 17.1. The van der Waals surface area contributed by atoms with Gasteiger partial charge in [-0.05, 0) is 25.7 Å². The SMILES string of the molecule is CCCCCC(/C=C/C1C(OC)CC(=O)C1C/C=C\CCCC(=O)O)OC. The molecule has 0 heterocycles. The Labute approximate surface area is 163 Å². The number of unbranched alkanes of at least 4 members (excludes halogenated alkanes) is 3. The highest BCUT2D eigenvalue weighted by atomic mass is 16.5. The Morgan fingerprint density at radius 2 is 2.04 bits per heavy atom. The van der Waals surface area contributed by atoms with E-state index in [4.69, 9.17) is 14.6 Å². The van der Waals surface area contributed by atoms with Gasteiger partial charge in [-0.25, -0.2) is 0 Å². The van der Waals surface area contributed by atoms with Crippen molar-refractivity contribution in [3.8, 4) is 0 Å². The van der Waals surface area contributed by atoms with Crippen LogP contribution in [0.15, 0.2) is 24.3 Å². The molecular weight excluding hydrogens is 344 g/mol. The van der Waals surface area contributed by atoms with Gasteiger partial charge in [0.05, 0.1) is 12.2 Å². The van der Waals surface area contributed by atoms with Crippen molar-refractivity contribution in [2.45, 2.75) is 76.9 Å². The number of carboxylic acids is 1. The summed E-state index contributed by atoms with van der Waals surface area (Å²) >= 11 is 0. The zero-order chi connectivity index (χ0) is 20.1. The number of aliphatic carboxylic acids is 1. The molecule has 154 valence electrons. The summed E-state index contributed by atoms with van der Waals surface area (Å²) in [6.07, 6.45) is 15.4. The van der Waals surface area contributed by atoms with Gasteiger partial charge in [0.15, 0.2) is 0 Å². The van der Waals surface area contributed by atoms with E-state index in [-0.39, 0.29) is 36.2 Å². The molecule has 4 unspecified atom stereocenters. The Kier molecular flexibility index (Phi) is 11.9. The minimum absolute atomic E-state index is 0.0648. The molecule has 1 saturated carbocycles. The number of hydrogen-bond acceptors (Lipinski definition) is 4. The maximum atomic E-state index is 12.4. The molecule has 4 atom stereocenters. The van der Waals surface area contributed by atoms with Crippen LogP contribution in [0, 0.1) is 11.8 Å². The molecule has 0 saturated heterocycles. The lowest BCUT2D eigenvalue weighted by Crippen LogP contribution is -2.20. The van der Waals surface area contributed by atoms with Gasteiger partial charge in [-0.1, -0.05) is 50.5 Å². The maximum absolute atomic E-state index is 12.4. The molecule has 0 aromatic heterocycles. The molecule has 27 heavy (non-hydrogen) atoms. The second kappa shape index (κ2) is 13.7. The van der Waals surface area contributed by atoms with Crippen LogP contribution in [0.3, 0.4) is 0 Å². The molecule has 0 aromatic rings. The molecule has 1 rings (SSSR count). The second-order valence-corrected chi connectivity index (χ2v) is 7.28. The van der Waals surface area contributed by atoms with E-state index in [1.165, 1.54) is 12.8 Å². The van der Waals surface area contributed by atoms with E-state index in [0.717, 1.165) is 19.3 Å². The van der Waals surface area contributed by atoms with Crippen molar-refractivity contribution in [2.75, 3.05) is 14.2 Å². The number of carbonyl (C=O) groups excluding carboxylic acids is 1. The van der Waals surface area contributed by atoms with E-state index in [1.807, 2.05) is 12.2 Å². The first-order chi connectivity index (χ1) is 13.0. The van der Waals surface area contributed by atoms with Crippen molar-refractivity contribution in [3.05, 3.63) is 24.3 Å². The van der Waals surface area contributed by atoms with Gasteiger partial charge in [0.2, 0.25) is 0 Å². The Bertz CT molecular complexity index is 497. The van der Waals surface area contributed by atoms with Gasteiger partial charge in [0, 0.05) is 38.9 Å². The lowest BCUT2D eigenvalue weighted by molar-refractivity contribution is -0.137. The number of hydrogen-bond donors (Lipinski definition) is 1. The van der Waals surface area contributed by atoms with Crippen LogP contribution in [0.2, 0.25) is 0 Å². The quantitative estimate of drug-likeness (QED) is 0.353. The van der Waals surface area contributed by atoms with Gasteiger partial charge in [0.25, 0.3) is 0 Å². The van der Waals surface area contributed by atoms with Crippen molar-refractivity contribution in [1.82, 2.24) is 0 Å². The van der Waals surface area contributed by atoms with Crippen LogP contribution < -0.4 is 0 Å². The molecule has 0 aliphatic heterocycles. The number of carboxylic acid groups (broad SMARTS) is 1. The molecule has 0 bridgehead atoms. The number of Topliss-reactive ketones (excluding diaryl/α,β-unsaturated/α-hetero) is 1. The first-order valence-corrected chi connectivity index (χ1v) is 10.2. The smallest absolute Gasteiger partial charge is 0.303 e. The van der Waals surface area contributed by atoms with E-state index in [9.17, 15) is 9.59 Å². The van der Waals surface area contributed by atoms with Gasteiger partial charge in [-0.15, -0.1) is 0 Å². The zero-order valence-electron chi connectivity index (χ0n) is 17.1. The standard InChI is InChI=1S/C22H36O5/c1-4-5-8-11-17(26-2)14-15-19-18(20(23)16-21(19)27-3)12-9-6-7-10-13-22(24)25/h6,9,14-15,17-19,21H,4-5,7-8,10-13,16H2,1-3H3,(H,24,25)/b9-6-,15-14+. The monoisotopic (exact) mass is 380 g/mol. The van der Waals surface area contributed by atoms with Crippen LogP contribution in [0.25, 0.3) is 0 Å². The lowest BCUT2D eigenvalue weighted by atomic mass is 9.90. The Morgan fingerprint density at radius 3 is 2.67 bits per heavy atom. The normalized spacial score (nSPS) is 24.3. The summed E-state index contributed by atoms with van der Waals surface area (Å²) in [5, 5.41) is 8.66. The van der Waals surface area contributed by atoms with Gasteiger partial charge >= 0.3 is 5.97 Å². The number of ketones is 1. The summed E-state index contributed by atoms with van der Waals surface area (Å²) in [7, 11) is 3.39. The topological polar surface area (TPSA) is 72.8 Å². The fourth-order valence-corrected chi connectivity index (χ4v) is 3.62. The summed E-state index contributed by atoms with van der Waals surface area (Å²) in [4.78, 5) is 23.0. The van der Waals surface area contributed by atoms with E-state index in [0.29, 0.717) is 19.3 Å². The number of carbonyl (C=O) groups is 2. The largest absolute Gasteiger partial charge is 0.481 e. The molecule has 0 amide bonds. The molecule has 1 N–H and O–H groups in total. The number of ether oxygens (including phenoxy) is 2. The summed E-state index contributed by atoms with van der Waals surface area (Å²) in [6.45, 7) is 2.19. The van der Waals surface area contributed by atoms with Crippen LogP contribution >= 0.6 is 0 Å². The molecular formula is C22H36O5. The first kappa shape index (κ1) is 23.6. The lowest BCUT2D eigenvalue weighted by Gasteiger charge is -2.20. The number of methoxy groups -OCH3 is 2. The molecule has 5 heteroatoms. The number of allylic oxidation sites excluding steroid dienone is 2. The third kappa shape index (κ3) is 8.85. The van der Waals surface area contributed by atoms with Gasteiger partial charge in [0.1, 0.15) is 5.78 Å². The fourth-order valence-electron chi connectivity index (χ4n) is 3.62. The molecule has 1 aliphatic carbocycles. The molecule has 0 spiro atoms. The highest BCUT2D eigenvalue weighted by Crippen LogP contribution is 2.35. The summed E-state index contributed by atoms with van der Waals surface area (Å²) in [5.41, 5.74) is 0. The first-order valence-electron chi connectivity index (χ1n) is 10.2. The van der Waals surface area contributed by atoms with Gasteiger partial charge in [-0.3, -0.25) is 9.59 Å². The predicted octanol–water partition coefficient (Wildman–Crippen LogP) is 4.56. The Balaban J connectivity index is 2.62. The van der Waals surface area contributed by atoms with E-state index >= 15 is 0 Å². The third-order valence-corrected chi connectivity index (χ3v) is 5.27. The average molecular weight is 381 g/mol. The van der Waals surface area contributed by atoms with E-state index in [2.05, 4.69) is 19.1 Å². The molecule has 0 aromatic carbocycles. The van der Waals surface area contributed by atoms with E-state index in [1.54, 1.807) is 14.2 Å². The van der Waals surface area contributed by atoms with Gasteiger partial charge in [-0.2, -0.15) is 0 Å². The van der Waals surface area contributed by atoms with Crippen molar-refractivity contribution in [2.24, 2.45) is 11.8 Å². The van der Waals surface area contributed by atoms with Crippen LogP contribution in [-0.4, -0.2) is 43.3 Å². The highest BCUT2D eigenvalue weighted by Gasteiger charge is 2.40. The highest BCUT2D eigenvalue weighted by molar-refractivity contribution is 5.84. The predicted molar refractivity (Wildman–Crippen MR) is 107 cm³/mol. The Morgan fingerprint density at radius 1 is 1.26 bits per heavy atom. The van der Waals surface area contributed by atoms with Crippen LogP contribution in [0.4, 0.5) is 0 Å². The third-order valence-electron chi connectivity index (χ3n) is 5.27. The van der Waals surface area contributed by atoms with Crippen LogP contribution in [-0.2, 0) is 19.1 Å². The molecule has 1 aliphatic rings. The Hall–Kier alpha value is -1.46. The minimum atomic E-state index is -0.769. The number of rotatable bonds is 14. The van der Waals surface area contributed by atoms with Crippen molar-refractivity contribution < 1.29 is 24.2 Å². The average Bonchev–Trinajstić information content (AvgIpc) is 2.95.